The second-order valence-corrected chi connectivity index (χ2v) is 7.40. The first-order valence-corrected chi connectivity index (χ1v) is 9.42. The molecule has 0 saturated heterocycles. The van der Waals surface area contributed by atoms with Crippen molar-refractivity contribution >= 4 is 34.8 Å². The van der Waals surface area contributed by atoms with Gasteiger partial charge in [0.25, 0.3) is 5.69 Å². The van der Waals surface area contributed by atoms with Gasteiger partial charge in [-0.1, -0.05) is 17.8 Å². The van der Waals surface area contributed by atoms with E-state index in [2.05, 4.69) is 4.98 Å². The topological polar surface area (TPSA) is 113 Å². The highest BCUT2D eigenvalue weighted by atomic mass is 32.2. The van der Waals surface area contributed by atoms with Gasteiger partial charge in [-0.2, -0.15) is 0 Å². The number of carbonyl (C=O) groups excluding carboxylic acids is 1. The molecule has 0 aliphatic rings. The first-order valence-electron chi connectivity index (χ1n) is 7.55. The average molecular weight is 404 g/mol. The van der Waals surface area contributed by atoms with Gasteiger partial charge in [0.1, 0.15) is 12.0 Å². The summed E-state index contributed by atoms with van der Waals surface area (Å²) in [6.45, 7) is 1.89. The number of benzene rings is 1. The number of nitro benzene ring substituents is 1. The number of ether oxygens (including phenoxy) is 1. The Balaban J connectivity index is 1.68. The van der Waals surface area contributed by atoms with E-state index in [1.807, 2.05) is 12.3 Å². The van der Waals surface area contributed by atoms with Crippen LogP contribution in [-0.4, -0.2) is 15.9 Å². The van der Waals surface area contributed by atoms with Gasteiger partial charge in [-0.3, -0.25) is 14.9 Å². The minimum absolute atomic E-state index is 0.0395. The third kappa shape index (κ3) is 4.80. The van der Waals surface area contributed by atoms with E-state index < -0.39 is 16.3 Å². The summed E-state index contributed by atoms with van der Waals surface area (Å²) in [4.78, 5) is 38.7. The molecule has 3 rings (SSSR count). The quantitative estimate of drug-likeness (QED) is 0.264. The molecule has 0 unspecified atom stereocenters. The molecular weight excluding hydrogens is 392 g/mol. The molecule has 0 aliphatic carbocycles. The van der Waals surface area contributed by atoms with Crippen LogP contribution in [0.2, 0.25) is 0 Å². The molecule has 138 valence electrons. The van der Waals surface area contributed by atoms with Gasteiger partial charge in [0, 0.05) is 29.3 Å². The fourth-order valence-electron chi connectivity index (χ4n) is 2.03. The minimum atomic E-state index is -0.883. The molecule has 0 amide bonds. The molecule has 0 bridgehead atoms. The third-order valence-electron chi connectivity index (χ3n) is 3.28. The van der Waals surface area contributed by atoms with Gasteiger partial charge in [0.15, 0.2) is 4.34 Å². The van der Waals surface area contributed by atoms with E-state index >= 15 is 0 Å². The van der Waals surface area contributed by atoms with Crippen LogP contribution in [0.4, 0.5) is 5.69 Å². The highest BCUT2D eigenvalue weighted by molar-refractivity contribution is 8.00. The molecule has 27 heavy (non-hydrogen) atoms. The lowest BCUT2D eigenvalue weighted by Gasteiger charge is -2.04. The third-order valence-corrected chi connectivity index (χ3v) is 5.44. The van der Waals surface area contributed by atoms with E-state index in [1.165, 1.54) is 47.4 Å². The van der Waals surface area contributed by atoms with Crippen LogP contribution in [0.1, 0.15) is 21.8 Å². The smallest absolute Gasteiger partial charge is 0.344 e. The second kappa shape index (κ2) is 8.14. The standard InChI is InChI=1S/C17H12N2O6S2/c1-10-8-26-17(18-10)27-9-13-6-14(20)15(7-24-13)25-16(21)11-3-2-4-12(5-11)19(22)23/h2-8H,9H2,1H3. The predicted molar refractivity (Wildman–Crippen MR) is 99.4 cm³/mol. The Morgan fingerprint density at radius 1 is 1.41 bits per heavy atom. The summed E-state index contributed by atoms with van der Waals surface area (Å²) in [5.74, 6) is -0.355. The first kappa shape index (κ1) is 18.8. The van der Waals surface area contributed by atoms with E-state index in [4.69, 9.17) is 9.15 Å². The molecule has 0 atom stereocenters. The number of aromatic nitrogens is 1. The van der Waals surface area contributed by atoms with Crippen molar-refractivity contribution in [3.63, 3.8) is 0 Å². The maximum Gasteiger partial charge on any atom is 0.344 e. The van der Waals surface area contributed by atoms with E-state index in [-0.39, 0.29) is 17.0 Å². The van der Waals surface area contributed by atoms with Crippen molar-refractivity contribution in [1.82, 2.24) is 4.98 Å². The highest BCUT2D eigenvalue weighted by Gasteiger charge is 2.16. The summed E-state index contributed by atoms with van der Waals surface area (Å²) in [5.41, 5.74) is 0.113. The molecule has 1 aromatic carbocycles. The van der Waals surface area contributed by atoms with Crippen LogP contribution in [0.5, 0.6) is 5.75 Å². The lowest BCUT2D eigenvalue weighted by atomic mass is 10.2. The lowest BCUT2D eigenvalue weighted by molar-refractivity contribution is -0.384. The predicted octanol–water partition coefficient (Wildman–Crippen LogP) is 3.82. The van der Waals surface area contributed by atoms with Crippen LogP contribution >= 0.6 is 23.1 Å². The molecule has 0 spiro atoms. The Bertz CT molecular complexity index is 1060. The average Bonchev–Trinajstić information content (AvgIpc) is 3.07. The van der Waals surface area contributed by atoms with Crippen LogP contribution in [0.25, 0.3) is 0 Å². The fourth-order valence-corrected chi connectivity index (χ4v) is 3.77. The molecule has 0 fully saturated rings. The van der Waals surface area contributed by atoms with E-state index in [1.54, 1.807) is 0 Å². The number of esters is 1. The van der Waals surface area contributed by atoms with Crippen molar-refractivity contribution in [1.29, 1.82) is 0 Å². The number of rotatable bonds is 6. The Labute approximate surface area is 161 Å². The number of hydrogen-bond acceptors (Lipinski definition) is 9. The van der Waals surface area contributed by atoms with Crippen molar-refractivity contribution in [3.05, 3.63) is 79.3 Å². The number of non-ortho nitro benzene ring substituents is 1. The summed E-state index contributed by atoms with van der Waals surface area (Å²) in [7, 11) is 0. The zero-order chi connectivity index (χ0) is 19.4. The van der Waals surface area contributed by atoms with Crippen LogP contribution in [0, 0.1) is 17.0 Å². The van der Waals surface area contributed by atoms with Crippen molar-refractivity contribution < 1.29 is 18.9 Å². The normalized spacial score (nSPS) is 10.6. The Hall–Kier alpha value is -2.98. The van der Waals surface area contributed by atoms with Crippen molar-refractivity contribution in [2.75, 3.05) is 0 Å². The van der Waals surface area contributed by atoms with E-state index in [0.29, 0.717) is 11.5 Å². The Morgan fingerprint density at radius 2 is 2.22 bits per heavy atom. The van der Waals surface area contributed by atoms with Crippen LogP contribution in [0.3, 0.4) is 0 Å². The zero-order valence-corrected chi connectivity index (χ0v) is 15.5. The molecule has 0 radical (unpaired) electrons. The zero-order valence-electron chi connectivity index (χ0n) is 13.9. The van der Waals surface area contributed by atoms with Crippen LogP contribution < -0.4 is 10.2 Å². The van der Waals surface area contributed by atoms with E-state index in [9.17, 15) is 19.7 Å². The van der Waals surface area contributed by atoms with Crippen LogP contribution in [-0.2, 0) is 5.75 Å². The monoisotopic (exact) mass is 404 g/mol. The van der Waals surface area contributed by atoms with Gasteiger partial charge >= 0.3 is 5.97 Å². The molecule has 0 aliphatic heterocycles. The molecule has 10 heteroatoms. The molecule has 2 aromatic heterocycles. The number of thiazole rings is 1. The van der Waals surface area contributed by atoms with Crippen molar-refractivity contribution in [2.45, 2.75) is 17.0 Å². The van der Waals surface area contributed by atoms with Gasteiger partial charge in [-0.25, -0.2) is 9.78 Å². The molecular formula is C17H12N2O6S2. The summed E-state index contributed by atoms with van der Waals surface area (Å²) >= 11 is 2.93. The molecule has 3 aromatic rings. The number of thioether (sulfide) groups is 1. The van der Waals surface area contributed by atoms with Gasteiger partial charge in [0.05, 0.1) is 16.2 Å². The Morgan fingerprint density at radius 3 is 2.89 bits per heavy atom. The van der Waals surface area contributed by atoms with Crippen molar-refractivity contribution in [2.24, 2.45) is 0 Å². The van der Waals surface area contributed by atoms with Crippen LogP contribution in [0.15, 0.2) is 55.5 Å². The largest absolute Gasteiger partial charge is 0.464 e. The van der Waals surface area contributed by atoms with Crippen molar-refractivity contribution in [3.8, 4) is 5.75 Å². The fraction of sp³-hybridized carbons (Fsp3) is 0.118. The van der Waals surface area contributed by atoms with Gasteiger partial charge in [-0.05, 0) is 13.0 Å². The second-order valence-electron chi connectivity index (χ2n) is 5.32. The SMILES string of the molecule is Cc1csc(SCc2cc(=O)c(OC(=O)c3cccc([N+](=O)[O-])c3)co2)n1. The van der Waals surface area contributed by atoms with Gasteiger partial charge in [-0.15, -0.1) is 11.3 Å². The number of aryl methyl sites for hydroxylation is 1. The number of nitro groups is 1. The van der Waals surface area contributed by atoms with E-state index in [0.717, 1.165) is 22.4 Å². The first-order chi connectivity index (χ1) is 12.9. The van der Waals surface area contributed by atoms with Gasteiger partial charge < -0.3 is 9.15 Å². The minimum Gasteiger partial charge on any atom is -0.464 e. The van der Waals surface area contributed by atoms with Gasteiger partial charge in [0.2, 0.25) is 11.2 Å². The molecule has 8 nitrogen and oxygen atoms in total. The summed E-state index contributed by atoms with van der Waals surface area (Å²) in [6.07, 6.45) is 1.06. The number of nitrogens with zero attached hydrogens (tertiary/aromatic N) is 2. The lowest BCUT2D eigenvalue weighted by Crippen LogP contribution is -2.14. The molecule has 0 saturated carbocycles. The summed E-state index contributed by atoms with van der Waals surface area (Å²) in [5, 5.41) is 12.7. The molecule has 2 heterocycles. The number of hydrogen-bond donors (Lipinski definition) is 0. The highest BCUT2D eigenvalue weighted by Crippen LogP contribution is 2.26. The summed E-state index contributed by atoms with van der Waals surface area (Å²) < 4.78 is 11.2. The number of carbonyl (C=O) groups is 1. The molecule has 0 N–H and O–H groups in total. The maximum atomic E-state index is 12.1. The Kier molecular flexibility index (Phi) is 5.67. The summed E-state index contributed by atoms with van der Waals surface area (Å²) in [6, 6.07) is 6.28. The maximum absolute atomic E-state index is 12.1.